The highest BCUT2D eigenvalue weighted by Crippen LogP contribution is 2.20. The van der Waals surface area contributed by atoms with Crippen molar-refractivity contribution in [2.45, 2.75) is 27.2 Å². The van der Waals surface area contributed by atoms with Crippen LogP contribution in [0.1, 0.15) is 36.3 Å². The molecule has 5 nitrogen and oxygen atoms in total. The number of aromatic nitrogens is 2. The zero-order valence-electron chi connectivity index (χ0n) is 12.6. The molecule has 1 amide bonds. The van der Waals surface area contributed by atoms with Crippen LogP contribution in [0.5, 0.6) is 0 Å². The summed E-state index contributed by atoms with van der Waals surface area (Å²) >= 11 is 0. The van der Waals surface area contributed by atoms with Crippen molar-refractivity contribution in [3.8, 4) is 0 Å². The van der Waals surface area contributed by atoms with E-state index in [1.54, 1.807) is 6.20 Å². The van der Waals surface area contributed by atoms with Gasteiger partial charge in [0.05, 0.1) is 11.3 Å². The van der Waals surface area contributed by atoms with Crippen molar-refractivity contribution < 1.29 is 4.79 Å². The maximum Gasteiger partial charge on any atom is 0.254 e. The van der Waals surface area contributed by atoms with Crippen LogP contribution in [0.2, 0.25) is 0 Å². The van der Waals surface area contributed by atoms with Gasteiger partial charge in [-0.25, -0.2) is 9.97 Å². The Labute approximate surface area is 120 Å². The quantitative estimate of drug-likeness (QED) is 0.905. The number of nitrogens with zero attached hydrogens (tertiary/aromatic N) is 3. The fourth-order valence-corrected chi connectivity index (χ4v) is 3.01. The second-order valence-electron chi connectivity index (χ2n) is 5.98. The van der Waals surface area contributed by atoms with E-state index in [0.29, 0.717) is 12.1 Å². The Hall–Kier alpha value is -1.49. The van der Waals surface area contributed by atoms with Crippen molar-refractivity contribution in [2.24, 2.45) is 11.8 Å². The van der Waals surface area contributed by atoms with Gasteiger partial charge in [-0.15, -0.1) is 0 Å². The molecule has 0 radical (unpaired) electrons. The van der Waals surface area contributed by atoms with Crippen molar-refractivity contribution in [3.05, 3.63) is 23.8 Å². The molecule has 2 atom stereocenters. The van der Waals surface area contributed by atoms with E-state index in [0.717, 1.165) is 37.2 Å². The first-order valence-electron chi connectivity index (χ1n) is 7.33. The van der Waals surface area contributed by atoms with E-state index >= 15 is 0 Å². The third kappa shape index (κ3) is 4.00. The van der Waals surface area contributed by atoms with Crippen LogP contribution in [-0.4, -0.2) is 47.0 Å². The molecule has 1 N–H and O–H groups in total. The molecule has 5 heteroatoms. The minimum Gasteiger partial charge on any atom is -0.351 e. The highest BCUT2D eigenvalue weighted by atomic mass is 16.1. The first-order chi connectivity index (χ1) is 9.56. The molecule has 20 heavy (non-hydrogen) atoms. The third-order valence-corrected chi connectivity index (χ3v) is 3.81. The van der Waals surface area contributed by atoms with E-state index in [-0.39, 0.29) is 5.91 Å². The fraction of sp³-hybridized carbons (Fsp3) is 0.667. The average molecular weight is 276 g/mol. The summed E-state index contributed by atoms with van der Waals surface area (Å²) in [4.78, 5) is 22.4. The summed E-state index contributed by atoms with van der Waals surface area (Å²) in [6.45, 7) is 10.3. The molecule has 1 aromatic heterocycles. The Bertz CT molecular complexity index is 453. The second-order valence-corrected chi connectivity index (χ2v) is 5.98. The van der Waals surface area contributed by atoms with Gasteiger partial charge in [0, 0.05) is 32.4 Å². The van der Waals surface area contributed by atoms with Crippen molar-refractivity contribution in [1.82, 2.24) is 20.2 Å². The van der Waals surface area contributed by atoms with Crippen LogP contribution < -0.4 is 5.32 Å². The molecule has 1 aliphatic rings. The molecule has 110 valence electrons. The van der Waals surface area contributed by atoms with Gasteiger partial charge in [0.15, 0.2) is 0 Å². The van der Waals surface area contributed by atoms with Crippen LogP contribution in [0.15, 0.2) is 12.5 Å². The van der Waals surface area contributed by atoms with Gasteiger partial charge in [0.2, 0.25) is 0 Å². The lowest BCUT2D eigenvalue weighted by atomic mass is 9.92. The monoisotopic (exact) mass is 276 g/mol. The summed E-state index contributed by atoms with van der Waals surface area (Å²) in [7, 11) is 0. The standard InChI is InChI=1S/C15H24N4O/c1-11-6-12(2)9-19(8-11)5-4-17-15(20)14-7-16-10-18-13(14)3/h7,10-12H,4-6,8-9H2,1-3H3,(H,17,20)/t11-,12-/m0/s1. The van der Waals surface area contributed by atoms with Crippen molar-refractivity contribution in [2.75, 3.05) is 26.2 Å². The summed E-state index contributed by atoms with van der Waals surface area (Å²) in [5, 5.41) is 2.96. The number of piperidine rings is 1. The van der Waals surface area contributed by atoms with E-state index in [9.17, 15) is 4.79 Å². The second kappa shape index (κ2) is 6.79. The van der Waals surface area contributed by atoms with Crippen LogP contribution in [0.4, 0.5) is 0 Å². The van der Waals surface area contributed by atoms with Crippen molar-refractivity contribution in [3.63, 3.8) is 0 Å². The predicted octanol–water partition coefficient (Wildman–Crippen LogP) is 1.49. The van der Waals surface area contributed by atoms with E-state index in [2.05, 4.69) is 34.0 Å². The maximum absolute atomic E-state index is 12.0. The van der Waals surface area contributed by atoms with Gasteiger partial charge >= 0.3 is 0 Å². The zero-order valence-corrected chi connectivity index (χ0v) is 12.6. The van der Waals surface area contributed by atoms with Crippen molar-refractivity contribution in [1.29, 1.82) is 0 Å². The number of nitrogens with one attached hydrogen (secondary N) is 1. The fourth-order valence-electron chi connectivity index (χ4n) is 3.01. The Kier molecular flexibility index (Phi) is 5.06. The van der Waals surface area contributed by atoms with Gasteiger partial charge in [0.1, 0.15) is 6.33 Å². The Morgan fingerprint density at radius 3 is 2.75 bits per heavy atom. The van der Waals surface area contributed by atoms with Gasteiger partial charge in [-0.2, -0.15) is 0 Å². The molecule has 1 fully saturated rings. The largest absolute Gasteiger partial charge is 0.351 e. The van der Waals surface area contributed by atoms with Crippen LogP contribution in [0.3, 0.4) is 0 Å². The van der Waals surface area contributed by atoms with Crippen LogP contribution in [0.25, 0.3) is 0 Å². The van der Waals surface area contributed by atoms with E-state index in [4.69, 9.17) is 0 Å². The van der Waals surface area contributed by atoms with Crippen LogP contribution in [0, 0.1) is 18.8 Å². The number of likely N-dealkylation sites (tertiary alicyclic amines) is 1. The maximum atomic E-state index is 12.0. The molecular formula is C15H24N4O. The minimum absolute atomic E-state index is 0.0822. The number of amides is 1. The normalized spacial score (nSPS) is 23.6. The molecule has 0 spiro atoms. The smallest absolute Gasteiger partial charge is 0.254 e. The number of aryl methyl sites for hydroxylation is 1. The highest BCUT2D eigenvalue weighted by molar-refractivity contribution is 5.94. The number of carbonyl (C=O) groups is 1. The molecule has 1 aromatic rings. The predicted molar refractivity (Wildman–Crippen MR) is 78.5 cm³/mol. The number of hydrogen-bond acceptors (Lipinski definition) is 4. The van der Waals surface area contributed by atoms with E-state index in [1.807, 2.05) is 6.92 Å². The summed E-state index contributed by atoms with van der Waals surface area (Å²) in [6.07, 6.45) is 4.34. The molecule has 0 unspecified atom stereocenters. The molecular weight excluding hydrogens is 252 g/mol. The van der Waals surface area contributed by atoms with Gasteiger partial charge in [-0.05, 0) is 25.2 Å². The number of carbonyl (C=O) groups excluding carboxylic acids is 1. The lowest BCUT2D eigenvalue weighted by molar-refractivity contribution is 0.0935. The lowest BCUT2D eigenvalue weighted by Crippen LogP contribution is -2.43. The Morgan fingerprint density at radius 1 is 1.40 bits per heavy atom. The number of rotatable bonds is 4. The molecule has 0 aliphatic carbocycles. The van der Waals surface area contributed by atoms with E-state index in [1.165, 1.54) is 12.7 Å². The Balaban J connectivity index is 1.78. The lowest BCUT2D eigenvalue weighted by Gasteiger charge is -2.34. The van der Waals surface area contributed by atoms with Gasteiger partial charge in [0.25, 0.3) is 5.91 Å². The van der Waals surface area contributed by atoms with Crippen molar-refractivity contribution >= 4 is 5.91 Å². The highest BCUT2D eigenvalue weighted by Gasteiger charge is 2.21. The van der Waals surface area contributed by atoms with Gasteiger partial charge in [-0.3, -0.25) is 4.79 Å². The van der Waals surface area contributed by atoms with Crippen LogP contribution in [-0.2, 0) is 0 Å². The first-order valence-corrected chi connectivity index (χ1v) is 7.33. The SMILES string of the molecule is Cc1ncncc1C(=O)NCCN1C[C@@H](C)C[C@H](C)C1. The molecule has 0 aromatic carbocycles. The molecule has 0 bridgehead atoms. The molecule has 2 heterocycles. The van der Waals surface area contributed by atoms with Gasteiger partial charge in [-0.1, -0.05) is 13.8 Å². The number of hydrogen-bond donors (Lipinski definition) is 1. The van der Waals surface area contributed by atoms with E-state index < -0.39 is 0 Å². The topological polar surface area (TPSA) is 58.1 Å². The third-order valence-electron chi connectivity index (χ3n) is 3.81. The summed E-state index contributed by atoms with van der Waals surface area (Å²) in [6, 6.07) is 0. The molecule has 1 aliphatic heterocycles. The summed E-state index contributed by atoms with van der Waals surface area (Å²) in [5.41, 5.74) is 1.28. The van der Waals surface area contributed by atoms with Gasteiger partial charge < -0.3 is 10.2 Å². The summed E-state index contributed by atoms with van der Waals surface area (Å²) < 4.78 is 0. The molecule has 0 saturated carbocycles. The Morgan fingerprint density at radius 2 is 2.10 bits per heavy atom. The molecule has 2 rings (SSSR count). The zero-order chi connectivity index (χ0) is 14.5. The average Bonchev–Trinajstić information content (AvgIpc) is 2.38. The van der Waals surface area contributed by atoms with Crippen LogP contribution >= 0.6 is 0 Å². The molecule has 1 saturated heterocycles. The summed E-state index contributed by atoms with van der Waals surface area (Å²) in [5.74, 6) is 1.42. The first kappa shape index (κ1) is 14.9. The minimum atomic E-state index is -0.0822.